The molecule has 17 heavy (non-hydrogen) atoms. The number of likely N-dealkylation sites (tertiary alicyclic amines) is 2. The van der Waals surface area contributed by atoms with Gasteiger partial charge in [-0.3, -0.25) is 4.90 Å². The molecular weight excluding hydrogens is 214 g/mol. The maximum atomic E-state index is 5.66. The lowest BCUT2D eigenvalue weighted by Crippen LogP contribution is -2.40. The third kappa shape index (κ3) is 2.28. The molecular formula is C13H23N3O. The lowest BCUT2D eigenvalue weighted by molar-refractivity contribution is 0.0218. The summed E-state index contributed by atoms with van der Waals surface area (Å²) in [5.41, 5.74) is 0. The summed E-state index contributed by atoms with van der Waals surface area (Å²) in [6.07, 6.45) is 6.60. The molecule has 0 amide bonds. The lowest BCUT2D eigenvalue weighted by Gasteiger charge is -2.27. The van der Waals surface area contributed by atoms with Gasteiger partial charge < -0.3 is 9.74 Å². The molecule has 2 saturated heterocycles. The highest BCUT2D eigenvalue weighted by atomic mass is 16.6. The molecule has 96 valence electrons. The van der Waals surface area contributed by atoms with Gasteiger partial charge in [0.15, 0.2) is 0 Å². The Labute approximate surface area is 104 Å². The fraction of sp³-hybridized carbons (Fsp3) is 0.923. The average Bonchev–Trinajstić information content (AvgIpc) is 3.09. The van der Waals surface area contributed by atoms with Crippen LogP contribution in [-0.2, 0) is 4.84 Å². The van der Waals surface area contributed by atoms with Gasteiger partial charge in [-0.05, 0) is 45.7 Å². The first-order chi connectivity index (χ1) is 8.34. The molecule has 2 fully saturated rings. The molecule has 4 nitrogen and oxygen atoms in total. The number of rotatable bonds is 2. The van der Waals surface area contributed by atoms with Crippen molar-refractivity contribution in [3.05, 3.63) is 0 Å². The van der Waals surface area contributed by atoms with E-state index in [1.165, 1.54) is 57.7 Å². The molecule has 3 aliphatic heterocycles. The first kappa shape index (κ1) is 11.3. The molecule has 0 aliphatic carbocycles. The second-order valence-corrected chi connectivity index (χ2v) is 5.53. The quantitative estimate of drug-likeness (QED) is 0.731. The van der Waals surface area contributed by atoms with Gasteiger partial charge in [0.05, 0.1) is 6.42 Å². The molecule has 0 N–H and O–H groups in total. The molecule has 0 aromatic carbocycles. The van der Waals surface area contributed by atoms with Crippen LogP contribution in [0.3, 0.4) is 0 Å². The van der Waals surface area contributed by atoms with Crippen LogP contribution in [0, 0.1) is 0 Å². The lowest BCUT2D eigenvalue weighted by atomic mass is 10.1. The maximum Gasteiger partial charge on any atom is 0.149 e. The maximum absolute atomic E-state index is 5.66. The van der Waals surface area contributed by atoms with Crippen LogP contribution in [-0.4, -0.2) is 54.0 Å². The van der Waals surface area contributed by atoms with Crippen LogP contribution in [0.4, 0.5) is 0 Å². The second-order valence-electron chi connectivity index (χ2n) is 5.53. The minimum Gasteiger partial charge on any atom is -0.389 e. The summed E-state index contributed by atoms with van der Waals surface area (Å²) in [6, 6.07) is 0.515. The predicted molar refractivity (Wildman–Crippen MR) is 68.0 cm³/mol. The van der Waals surface area contributed by atoms with Crippen LogP contribution >= 0.6 is 0 Å². The number of hydrogen-bond acceptors (Lipinski definition) is 4. The molecule has 0 spiro atoms. The van der Waals surface area contributed by atoms with Crippen LogP contribution in [0.1, 0.15) is 39.0 Å². The highest BCUT2D eigenvalue weighted by Gasteiger charge is 2.34. The van der Waals surface area contributed by atoms with Crippen molar-refractivity contribution in [2.24, 2.45) is 5.16 Å². The topological polar surface area (TPSA) is 28.1 Å². The Kier molecular flexibility index (Phi) is 3.23. The van der Waals surface area contributed by atoms with E-state index >= 15 is 0 Å². The monoisotopic (exact) mass is 237 g/mol. The van der Waals surface area contributed by atoms with Gasteiger partial charge in [-0.1, -0.05) is 5.16 Å². The number of hydrogen-bond donors (Lipinski definition) is 0. The van der Waals surface area contributed by atoms with Crippen molar-refractivity contribution in [2.45, 2.75) is 51.2 Å². The zero-order valence-electron chi connectivity index (χ0n) is 10.8. The molecule has 3 aliphatic rings. The van der Waals surface area contributed by atoms with E-state index < -0.39 is 0 Å². The highest BCUT2D eigenvalue weighted by molar-refractivity contribution is 5.83. The van der Waals surface area contributed by atoms with Gasteiger partial charge in [-0.2, -0.15) is 0 Å². The molecule has 0 aromatic rings. The third-order valence-corrected chi connectivity index (χ3v) is 4.40. The van der Waals surface area contributed by atoms with Crippen LogP contribution in [0.5, 0.6) is 0 Å². The Bertz CT molecular complexity index is 293. The van der Waals surface area contributed by atoms with Crippen LogP contribution in [0.25, 0.3) is 0 Å². The molecule has 3 heterocycles. The van der Waals surface area contributed by atoms with Gasteiger partial charge in [0, 0.05) is 19.1 Å². The van der Waals surface area contributed by atoms with E-state index in [0.717, 1.165) is 6.42 Å². The van der Waals surface area contributed by atoms with Gasteiger partial charge in [0.2, 0.25) is 0 Å². The predicted octanol–water partition coefficient (Wildman–Crippen LogP) is 1.67. The first-order valence-corrected chi connectivity index (χ1v) is 7.06. The van der Waals surface area contributed by atoms with Crippen molar-refractivity contribution >= 4 is 5.84 Å². The zero-order valence-corrected chi connectivity index (χ0v) is 10.8. The van der Waals surface area contributed by atoms with Crippen LogP contribution in [0.2, 0.25) is 0 Å². The van der Waals surface area contributed by atoms with Gasteiger partial charge in [0.1, 0.15) is 11.9 Å². The molecule has 4 heteroatoms. The molecule has 0 radical (unpaired) electrons. The van der Waals surface area contributed by atoms with E-state index in [2.05, 4.69) is 21.9 Å². The standard InChI is InChI=1S/C13H23N3O/c1-11(15-6-2-3-7-15)12-10-13(14-17-12)16-8-4-5-9-16/h11-12H,2-10H2,1H3. The third-order valence-electron chi connectivity index (χ3n) is 4.40. The van der Waals surface area contributed by atoms with Crippen molar-refractivity contribution in [1.29, 1.82) is 0 Å². The second kappa shape index (κ2) is 4.84. The van der Waals surface area contributed by atoms with E-state index in [-0.39, 0.29) is 6.10 Å². The van der Waals surface area contributed by atoms with Gasteiger partial charge in [-0.15, -0.1) is 0 Å². The van der Waals surface area contributed by atoms with Crippen molar-refractivity contribution in [1.82, 2.24) is 9.80 Å². The first-order valence-electron chi connectivity index (χ1n) is 7.06. The SMILES string of the molecule is CC(C1CC(N2CCCC2)=NO1)N1CCCC1. The number of oxime groups is 1. The highest BCUT2D eigenvalue weighted by Crippen LogP contribution is 2.24. The summed E-state index contributed by atoms with van der Waals surface area (Å²) in [7, 11) is 0. The number of amidine groups is 1. The molecule has 2 unspecified atom stereocenters. The molecule has 0 aromatic heterocycles. The smallest absolute Gasteiger partial charge is 0.149 e. The summed E-state index contributed by atoms with van der Waals surface area (Å²) in [4.78, 5) is 10.6. The fourth-order valence-electron chi connectivity index (χ4n) is 3.19. The minimum atomic E-state index is 0.281. The molecule has 0 saturated carbocycles. The van der Waals surface area contributed by atoms with Crippen molar-refractivity contribution in [2.75, 3.05) is 26.2 Å². The molecule has 0 bridgehead atoms. The van der Waals surface area contributed by atoms with E-state index in [0.29, 0.717) is 6.04 Å². The van der Waals surface area contributed by atoms with E-state index in [1.807, 2.05) is 0 Å². The van der Waals surface area contributed by atoms with Gasteiger partial charge >= 0.3 is 0 Å². The zero-order chi connectivity index (χ0) is 11.7. The Hall–Kier alpha value is -0.770. The largest absolute Gasteiger partial charge is 0.389 e. The Morgan fingerprint density at radius 2 is 1.76 bits per heavy atom. The van der Waals surface area contributed by atoms with Crippen molar-refractivity contribution in [3.8, 4) is 0 Å². The normalized spacial score (nSPS) is 31.7. The fourth-order valence-corrected chi connectivity index (χ4v) is 3.19. The number of nitrogens with zero attached hydrogens (tertiary/aromatic N) is 3. The van der Waals surface area contributed by atoms with Gasteiger partial charge in [-0.25, -0.2) is 0 Å². The van der Waals surface area contributed by atoms with Crippen LogP contribution in [0.15, 0.2) is 5.16 Å². The van der Waals surface area contributed by atoms with Crippen molar-refractivity contribution in [3.63, 3.8) is 0 Å². The summed E-state index contributed by atoms with van der Waals surface area (Å²) >= 11 is 0. The summed E-state index contributed by atoms with van der Waals surface area (Å²) < 4.78 is 0. The van der Waals surface area contributed by atoms with Crippen molar-refractivity contribution < 1.29 is 4.84 Å². The Morgan fingerprint density at radius 3 is 2.47 bits per heavy atom. The Morgan fingerprint density at radius 1 is 1.12 bits per heavy atom. The minimum absolute atomic E-state index is 0.281. The van der Waals surface area contributed by atoms with Gasteiger partial charge in [0.25, 0.3) is 0 Å². The Balaban J connectivity index is 1.54. The summed E-state index contributed by atoms with van der Waals surface area (Å²) in [6.45, 7) is 7.11. The summed E-state index contributed by atoms with van der Waals surface area (Å²) in [5, 5.41) is 4.31. The summed E-state index contributed by atoms with van der Waals surface area (Å²) in [5.74, 6) is 1.19. The molecule has 3 rings (SSSR count). The van der Waals surface area contributed by atoms with E-state index in [9.17, 15) is 0 Å². The van der Waals surface area contributed by atoms with E-state index in [4.69, 9.17) is 4.84 Å². The van der Waals surface area contributed by atoms with Crippen LogP contribution < -0.4 is 0 Å². The van der Waals surface area contributed by atoms with E-state index in [1.54, 1.807) is 0 Å². The average molecular weight is 237 g/mol. The molecule has 2 atom stereocenters.